The highest BCUT2D eigenvalue weighted by Crippen LogP contribution is 2.35. The molecule has 0 aliphatic carbocycles. The second-order valence-corrected chi connectivity index (χ2v) is 6.82. The van der Waals surface area contributed by atoms with E-state index in [-0.39, 0.29) is 6.10 Å². The summed E-state index contributed by atoms with van der Waals surface area (Å²) in [5, 5.41) is 14.2. The molecule has 2 aromatic heterocycles. The van der Waals surface area contributed by atoms with Gasteiger partial charge in [-0.1, -0.05) is 53.8 Å². The number of ether oxygens (including phenoxy) is 2. The summed E-state index contributed by atoms with van der Waals surface area (Å²) in [7, 11) is 0. The predicted octanol–water partition coefficient (Wildman–Crippen LogP) is 3.29. The summed E-state index contributed by atoms with van der Waals surface area (Å²) >= 11 is 1.54. The Morgan fingerprint density at radius 1 is 1.00 bits per heavy atom. The molecule has 0 bridgehead atoms. The van der Waals surface area contributed by atoms with E-state index in [2.05, 4.69) is 27.4 Å². The first-order valence-corrected chi connectivity index (χ1v) is 8.82. The largest absolute Gasteiger partial charge is 0.485 e. The van der Waals surface area contributed by atoms with Gasteiger partial charge in [0.15, 0.2) is 23.4 Å². The number of nitrogens with zero attached hydrogens (tertiary/aromatic N) is 4. The Labute approximate surface area is 147 Å². The molecular weight excluding hydrogens is 336 g/mol. The molecular formula is C18H14N4O2S. The molecule has 0 saturated heterocycles. The number of fused-ring (bicyclic) bond motifs is 2. The van der Waals surface area contributed by atoms with Gasteiger partial charge in [-0.15, -0.1) is 10.2 Å². The summed E-state index contributed by atoms with van der Waals surface area (Å²) in [6.45, 7) is 0.392. The fraction of sp³-hybridized carbons (Fsp3) is 0.167. The number of hydrogen-bond donors (Lipinski definition) is 0. The molecule has 0 saturated carbocycles. The molecule has 124 valence electrons. The maximum Gasteiger partial charge on any atom is 0.234 e. The molecule has 0 amide bonds. The summed E-state index contributed by atoms with van der Waals surface area (Å²) in [5.74, 6) is 2.14. The second kappa shape index (κ2) is 5.86. The summed E-state index contributed by atoms with van der Waals surface area (Å²) in [4.78, 5) is 0.767. The van der Waals surface area contributed by atoms with Crippen molar-refractivity contribution in [2.45, 2.75) is 12.5 Å². The molecule has 0 N–H and O–H groups in total. The number of para-hydroxylation sites is 2. The van der Waals surface area contributed by atoms with Crippen LogP contribution in [0, 0.1) is 0 Å². The van der Waals surface area contributed by atoms with Gasteiger partial charge in [-0.3, -0.25) is 0 Å². The van der Waals surface area contributed by atoms with Crippen LogP contribution in [0.3, 0.4) is 0 Å². The maximum atomic E-state index is 6.03. The van der Waals surface area contributed by atoms with Gasteiger partial charge in [-0.2, -0.15) is 9.61 Å². The second-order valence-electron chi connectivity index (χ2n) is 5.77. The predicted molar refractivity (Wildman–Crippen MR) is 93.2 cm³/mol. The van der Waals surface area contributed by atoms with Crippen LogP contribution in [0.1, 0.15) is 22.5 Å². The zero-order chi connectivity index (χ0) is 16.6. The van der Waals surface area contributed by atoms with Crippen molar-refractivity contribution >= 4 is 16.3 Å². The fourth-order valence-electron chi connectivity index (χ4n) is 2.86. The first-order valence-electron chi connectivity index (χ1n) is 8.00. The first kappa shape index (κ1) is 14.4. The monoisotopic (exact) mass is 350 g/mol. The molecule has 0 spiro atoms. The highest BCUT2D eigenvalue weighted by Gasteiger charge is 2.28. The van der Waals surface area contributed by atoms with E-state index in [0.717, 1.165) is 27.9 Å². The SMILES string of the molecule is c1ccc(Cc2nn3c([C@H]4COc5ccccc5O4)nnc3s2)cc1. The molecule has 1 aliphatic rings. The lowest BCUT2D eigenvalue weighted by Crippen LogP contribution is -2.23. The van der Waals surface area contributed by atoms with Gasteiger partial charge >= 0.3 is 0 Å². The third-order valence-corrected chi connectivity index (χ3v) is 4.95. The standard InChI is InChI=1S/C18H14N4O2S/c1-2-6-12(7-3-1)10-16-21-22-17(19-20-18(22)25-16)15-11-23-13-8-4-5-9-14(13)24-15/h1-9,15H,10-11H2/t15-/m1/s1. The Bertz CT molecular complexity index is 1030. The van der Waals surface area contributed by atoms with Gasteiger partial charge in [0.2, 0.25) is 4.96 Å². The number of aromatic nitrogens is 4. The van der Waals surface area contributed by atoms with Crippen molar-refractivity contribution in [3.8, 4) is 11.5 Å². The van der Waals surface area contributed by atoms with Crippen LogP contribution in [-0.4, -0.2) is 26.4 Å². The lowest BCUT2D eigenvalue weighted by atomic mass is 10.2. The van der Waals surface area contributed by atoms with Gasteiger partial charge in [0, 0.05) is 6.42 Å². The topological polar surface area (TPSA) is 61.5 Å². The van der Waals surface area contributed by atoms with Crippen LogP contribution in [0.4, 0.5) is 0 Å². The number of benzene rings is 2. The third kappa shape index (κ3) is 2.62. The third-order valence-electron chi connectivity index (χ3n) is 4.05. The van der Waals surface area contributed by atoms with E-state index in [1.807, 2.05) is 42.5 Å². The summed E-state index contributed by atoms with van der Waals surface area (Å²) in [6.07, 6.45) is 0.454. The molecule has 2 aromatic carbocycles. The van der Waals surface area contributed by atoms with Gasteiger partial charge < -0.3 is 9.47 Å². The maximum absolute atomic E-state index is 6.03. The summed E-state index contributed by atoms with van der Waals surface area (Å²) < 4.78 is 13.6. The quantitative estimate of drug-likeness (QED) is 0.567. The van der Waals surface area contributed by atoms with Crippen molar-refractivity contribution in [1.29, 1.82) is 0 Å². The lowest BCUT2D eigenvalue weighted by Gasteiger charge is -2.24. The Balaban J connectivity index is 1.45. The van der Waals surface area contributed by atoms with E-state index in [1.165, 1.54) is 5.56 Å². The van der Waals surface area contributed by atoms with Crippen molar-refractivity contribution in [1.82, 2.24) is 19.8 Å². The molecule has 0 radical (unpaired) electrons. The van der Waals surface area contributed by atoms with Gasteiger partial charge in [-0.05, 0) is 17.7 Å². The zero-order valence-corrected chi connectivity index (χ0v) is 14.0. The molecule has 1 aliphatic heterocycles. The normalized spacial score (nSPS) is 16.2. The molecule has 1 atom stereocenters. The summed E-state index contributed by atoms with van der Waals surface area (Å²) in [6, 6.07) is 17.9. The van der Waals surface area contributed by atoms with Gasteiger partial charge in [-0.25, -0.2) is 0 Å². The van der Waals surface area contributed by atoms with E-state index in [9.17, 15) is 0 Å². The molecule has 7 heteroatoms. The molecule has 3 heterocycles. The van der Waals surface area contributed by atoms with E-state index < -0.39 is 0 Å². The van der Waals surface area contributed by atoms with Gasteiger partial charge in [0.1, 0.15) is 11.6 Å². The van der Waals surface area contributed by atoms with Crippen molar-refractivity contribution in [3.63, 3.8) is 0 Å². The van der Waals surface area contributed by atoms with E-state index in [0.29, 0.717) is 12.4 Å². The zero-order valence-electron chi connectivity index (χ0n) is 13.2. The minimum atomic E-state index is -0.323. The average Bonchev–Trinajstić information content (AvgIpc) is 3.22. The van der Waals surface area contributed by atoms with Crippen molar-refractivity contribution in [3.05, 3.63) is 71.0 Å². The first-order chi connectivity index (χ1) is 12.4. The Morgan fingerprint density at radius 2 is 1.80 bits per heavy atom. The van der Waals surface area contributed by atoms with E-state index in [4.69, 9.17) is 9.47 Å². The van der Waals surface area contributed by atoms with Crippen molar-refractivity contribution in [2.75, 3.05) is 6.61 Å². The Morgan fingerprint density at radius 3 is 2.68 bits per heavy atom. The van der Waals surface area contributed by atoms with Crippen LogP contribution in [0.2, 0.25) is 0 Å². The lowest BCUT2D eigenvalue weighted by molar-refractivity contribution is 0.0836. The molecule has 0 fully saturated rings. The van der Waals surface area contributed by atoms with Crippen LogP contribution < -0.4 is 9.47 Å². The number of rotatable bonds is 3. The van der Waals surface area contributed by atoms with Crippen LogP contribution in [-0.2, 0) is 6.42 Å². The van der Waals surface area contributed by atoms with Crippen LogP contribution >= 0.6 is 11.3 Å². The van der Waals surface area contributed by atoms with Crippen LogP contribution in [0.5, 0.6) is 11.5 Å². The van der Waals surface area contributed by atoms with Gasteiger partial charge in [0.05, 0.1) is 0 Å². The minimum absolute atomic E-state index is 0.323. The van der Waals surface area contributed by atoms with Crippen molar-refractivity contribution in [2.24, 2.45) is 0 Å². The van der Waals surface area contributed by atoms with Gasteiger partial charge in [0.25, 0.3) is 0 Å². The Kier molecular flexibility index (Phi) is 3.38. The van der Waals surface area contributed by atoms with Crippen molar-refractivity contribution < 1.29 is 9.47 Å². The average molecular weight is 350 g/mol. The smallest absolute Gasteiger partial charge is 0.234 e. The molecule has 6 nitrogen and oxygen atoms in total. The van der Waals surface area contributed by atoms with Crippen LogP contribution in [0.15, 0.2) is 54.6 Å². The minimum Gasteiger partial charge on any atom is -0.485 e. The highest BCUT2D eigenvalue weighted by atomic mass is 32.1. The summed E-state index contributed by atoms with van der Waals surface area (Å²) in [5.41, 5.74) is 1.22. The highest BCUT2D eigenvalue weighted by molar-refractivity contribution is 7.16. The van der Waals surface area contributed by atoms with Crippen LogP contribution in [0.25, 0.3) is 4.96 Å². The molecule has 25 heavy (non-hydrogen) atoms. The fourth-order valence-corrected chi connectivity index (χ4v) is 3.74. The molecule has 4 aromatic rings. The molecule has 5 rings (SSSR count). The molecule has 0 unspecified atom stereocenters. The number of hydrogen-bond acceptors (Lipinski definition) is 6. The van der Waals surface area contributed by atoms with E-state index >= 15 is 0 Å². The Hall–Kier alpha value is -2.93. The van der Waals surface area contributed by atoms with E-state index in [1.54, 1.807) is 15.9 Å².